The summed E-state index contributed by atoms with van der Waals surface area (Å²) in [4.78, 5) is 3.92. The van der Waals surface area contributed by atoms with Crippen molar-refractivity contribution in [3.8, 4) is 6.07 Å². The third-order valence-corrected chi connectivity index (χ3v) is 2.82. The SMILES string of the molecule is Cc1nc(C#N)c(N/N=C/c2ccc(C(C)C)cc2)o1. The van der Waals surface area contributed by atoms with Gasteiger partial charge in [-0.1, -0.05) is 38.1 Å². The molecule has 0 aliphatic rings. The lowest BCUT2D eigenvalue weighted by Gasteiger charge is -2.04. The number of hydrogen-bond acceptors (Lipinski definition) is 5. The van der Waals surface area contributed by atoms with Crippen molar-refractivity contribution in [2.75, 3.05) is 5.43 Å². The van der Waals surface area contributed by atoms with E-state index in [-0.39, 0.29) is 11.6 Å². The maximum Gasteiger partial charge on any atom is 0.252 e. The number of anilines is 1. The van der Waals surface area contributed by atoms with Crippen molar-refractivity contribution in [3.05, 3.63) is 47.0 Å². The Kier molecular flexibility index (Phi) is 4.16. The van der Waals surface area contributed by atoms with Crippen molar-refractivity contribution in [2.24, 2.45) is 5.10 Å². The van der Waals surface area contributed by atoms with Crippen LogP contribution in [0.15, 0.2) is 33.8 Å². The van der Waals surface area contributed by atoms with Crippen LogP contribution in [0.25, 0.3) is 0 Å². The van der Waals surface area contributed by atoms with Crippen LogP contribution in [-0.2, 0) is 0 Å². The van der Waals surface area contributed by atoms with Crippen molar-refractivity contribution in [2.45, 2.75) is 26.7 Å². The summed E-state index contributed by atoms with van der Waals surface area (Å²) in [5, 5.41) is 12.9. The number of aryl methyl sites for hydroxylation is 1. The van der Waals surface area contributed by atoms with Gasteiger partial charge in [0.25, 0.3) is 5.88 Å². The molecule has 0 amide bonds. The molecule has 0 atom stereocenters. The minimum absolute atomic E-state index is 0.204. The first-order valence-electron chi connectivity index (χ1n) is 6.36. The fourth-order valence-corrected chi connectivity index (χ4v) is 1.71. The van der Waals surface area contributed by atoms with Gasteiger partial charge in [-0.2, -0.15) is 10.4 Å². The molecule has 20 heavy (non-hydrogen) atoms. The maximum absolute atomic E-state index is 8.87. The molecule has 0 radical (unpaired) electrons. The first kappa shape index (κ1) is 13.8. The Morgan fingerprint density at radius 3 is 2.65 bits per heavy atom. The molecular formula is C15H16N4O. The molecule has 0 aliphatic heterocycles. The summed E-state index contributed by atoms with van der Waals surface area (Å²) in [5.74, 6) is 1.20. The average Bonchev–Trinajstić information content (AvgIpc) is 2.79. The summed E-state index contributed by atoms with van der Waals surface area (Å²) in [5.41, 5.74) is 5.15. The van der Waals surface area contributed by atoms with Crippen LogP contribution < -0.4 is 5.43 Å². The number of nitrogens with zero attached hydrogens (tertiary/aromatic N) is 3. The predicted octanol–water partition coefficient (Wildman–Crippen LogP) is 3.42. The summed E-state index contributed by atoms with van der Waals surface area (Å²) in [6.45, 7) is 5.99. The third kappa shape index (κ3) is 3.23. The fraction of sp³-hybridized carbons (Fsp3) is 0.267. The molecule has 0 fully saturated rings. The molecule has 0 saturated carbocycles. The van der Waals surface area contributed by atoms with E-state index in [1.165, 1.54) is 5.56 Å². The van der Waals surface area contributed by atoms with E-state index in [9.17, 15) is 0 Å². The Morgan fingerprint density at radius 1 is 1.35 bits per heavy atom. The van der Waals surface area contributed by atoms with Crippen molar-refractivity contribution in [1.82, 2.24) is 4.98 Å². The van der Waals surface area contributed by atoms with Crippen molar-refractivity contribution in [3.63, 3.8) is 0 Å². The van der Waals surface area contributed by atoms with Gasteiger partial charge >= 0.3 is 0 Å². The van der Waals surface area contributed by atoms with E-state index < -0.39 is 0 Å². The summed E-state index contributed by atoms with van der Waals surface area (Å²) in [7, 11) is 0. The standard InChI is InChI=1S/C15H16N4O/c1-10(2)13-6-4-12(5-7-13)9-17-19-15-14(8-16)18-11(3)20-15/h4-7,9-10,19H,1-3H3/b17-9+. The number of rotatable bonds is 4. The van der Waals surface area contributed by atoms with E-state index in [2.05, 4.69) is 41.5 Å². The molecule has 1 aromatic carbocycles. The van der Waals surface area contributed by atoms with E-state index >= 15 is 0 Å². The molecule has 0 bridgehead atoms. The number of oxazole rings is 1. The Morgan fingerprint density at radius 2 is 2.05 bits per heavy atom. The molecule has 102 valence electrons. The summed E-state index contributed by atoms with van der Waals surface area (Å²) in [6.07, 6.45) is 1.67. The third-order valence-electron chi connectivity index (χ3n) is 2.82. The van der Waals surface area contributed by atoms with Gasteiger partial charge in [0.15, 0.2) is 5.89 Å². The van der Waals surface area contributed by atoms with Crippen molar-refractivity contribution in [1.29, 1.82) is 5.26 Å². The zero-order valence-electron chi connectivity index (χ0n) is 11.7. The Balaban J connectivity index is 2.04. The van der Waals surface area contributed by atoms with Crippen LogP contribution in [0.3, 0.4) is 0 Å². The molecule has 5 heteroatoms. The number of benzene rings is 1. The van der Waals surface area contributed by atoms with Crippen LogP contribution in [-0.4, -0.2) is 11.2 Å². The Labute approximate surface area is 118 Å². The molecule has 0 saturated heterocycles. The van der Waals surface area contributed by atoms with Gasteiger partial charge in [0.1, 0.15) is 6.07 Å². The predicted molar refractivity (Wildman–Crippen MR) is 77.7 cm³/mol. The van der Waals surface area contributed by atoms with Gasteiger partial charge in [0.05, 0.1) is 6.21 Å². The first-order chi connectivity index (χ1) is 9.60. The monoisotopic (exact) mass is 268 g/mol. The van der Waals surface area contributed by atoms with Crippen molar-refractivity contribution < 1.29 is 4.42 Å². The lowest BCUT2D eigenvalue weighted by atomic mass is 10.0. The number of hydrazone groups is 1. The maximum atomic E-state index is 8.87. The van der Waals surface area contributed by atoms with Gasteiger partial charge in [-0.15, -0.1) is 0 Å². The lowest BCUT2D eigenvalue weighted by Crippen LogP contribution is -1.92. The highest BCUT2D eigenvalue weighted by Gasteiger charge is 2.08. The number of hydrogen-bond donors (Lipinski definition) is 1. The normalized spacial score (nSPS) is 10.9. The highest BCUT2D eigenvalue weighted by Crippen LogP contribution is 2.16. The van der Waals surface area contributed by atoms with Gasteiger partial charge in [-0.25, -0.2) is 10.4 Å². The quantitative estimate of drug-likeness (QED) is 0.681. The number of nitriles is 1. The topological polar surface area (TPSA) is 74.2 Å². The second-order valence-corrected chi connectivity index (χ2v) is 4.71. The van der Waals surface area contributed by atoms with Crippen LogP contribution in [0.1, 0.15) is 42.5 Å². The highest BCUT2D eigenvalue weighted by atomic mass is 16.4. The molecule has 0 spiro atoms. The minimum Gasteiger partial charge on any atom is -0.422 e. The van der Waals surface area contributed by atoms with Crippen molar-refractivity contribution >= 4 is 12.1 Å². The average molecular weight is 268 g/mol. The zero-order chi connectivity index (χ0) is 14.5. The van der Waals surface area contributed by atoms with E-state index in [1.54, 1.807) is 13.1 Å². The van der Waals surface area contributed by atoms with Crippen LogP contribution >= 0.6 is 0 Å². The molecule has 0 unspecified atom stereocenters. The molecule has 2 rings (SSSR count). The smallest absolute Gasteiger partial charge is 0.252 e. The number of aromatic nitrogens is 1. The molecule has 5 nitrogen and oxygen atoms in total. The van der Waals surface area contributed by atoms with E-state index in [4.69, 9.17) is 9.68 Å². The van der Waals surface area contributed by atoms with Crippen LogP contribution in [0, 0.1) is 18.3 Å². The van der Waals surface area contributed by atoms with Gasteiger partial charge < -0.3 is 4.42 Å². The highest BCUT2D eigenvalue weighted by molar-refractivity contribution is 5.80. The van der Waals surface area contributed by atoms with Gasteiger partial charge in [0.2, 0.25) is 5.69 Å². The van der Waals surface area contributed by atoms with E-state index in [0.717, 1.165) is 5.56 Å². The second kappa shape index (κ2) is 6.02. The molecule has 1 N–H and O–H groups in total. The minimum atomic E-state index is 0.204. The summed E-state index contributed by atoms with van der Waals surface area (Å²) in [6, 6.07) is 10.1. The first-order valence-corrected chi connectivity index (χ1v) is 6.36. The van der Waals surface area contributed by atoms with E-state index in [1.807, 2.05) is 18.2 Å². The Hall–Kier alpha value is -2.61. The second-order valence-electron chi connectivity index (χ2n) is 4.71. The largest absolute Gasteiger partial charge is 0.422 e. The van der Waals surface area contributed by atoms with E-state index in [0.29, 0.717) is 11.8 Å². The fourth-order valence-electron chi connectivity index (χ4n) is 1.71. The molecule has 1 aromatic heterocycles. The van der Waals surface area contributed by atoms with Gasteiger partial charge in [-0.05, 0) is 17.0 Å². The molecular weight excluding hydrogens is 252 g/mol. The van der Waals surface area contributed by atoms with Gasteiger partial charge in [0, 0.05) is 6.92 Å². The van der Waals surface area contributed by atoms with Crippen LogP contribution in [0.2, 0.25) is 0 Å². The number of nitrogens with one attached hydrogen (secondary N) is 1. The Bertz CT molecular complexity index is 648. The molecule has 0 aliphatic carbocycles. The summed E-state index contributed by atoms with van der Waals surface area (Å²) < 4.78 is 5.24. The summed E-state index contributed by atoms with van der Waals surface area (Å²) >= 11 is 0. The van der Waals surface area contributed by atoms with Crippen LogP contribution in [0.4, 0.5) is 5.88 Å². The zero-order valence-corrected chi connectivity index (χ0v) is 11.7. The molecule has 1 heterocycles. The lowest BCUT2D eigenvalue weighted by molar-refractivity contribution is 0.533. The van der Waals surface area contributed by atoms with Gasteiger partial charge in [-0.3, -0.25) is 0 Å². The van der Waals surface area contributed by atoms with Crippen LogP contribution in [0.5, 0.6) is 0 Å². The molecule has 2 aromatic rings.